The van der Waals surface area contributed by atoms with Crippen molar-refractivity contribution in [1.29, 1.82) is 5.53 Å². The molecule has 0 aliphatic carbocycles. The van der Waals surface area contributed by atoms with Crippen molar-refractivity contribution in [3.8, 4) is 0 Å². The van der Waals surface area contributed by atoms with Gasteiger partial charge in [0, 0.05) is 23.7 Å². The third kappa shape index (κ3) is 2.79. The van der Waals surface area contributed by atoms with Crippen LogP contribution in [-0.2, 0) is 6.42 Å². The number of aromatic nitrogens is 2. The van der Waals surface area contributed by atoms with Crippen LogP contribution in [0.1, 0.15) is 23.0 Å². The fourth-order valence-electron chi connectivity index (χ4n) is 2.51. The number of pyridine rings is 2. The van der Waals surface area contributed by atoms with Crippen molar-refractivity contribution < 1.29 is 0 Å². The predicted octanol–water partition coefficient (Wildman–Crippen LogP) is 4.25. The summed E-state index contributed by atoms with van der Waals surface area (Å²) >= 11 is 0. The summed E-state index contributed by atoms with van der Waals surface area (Å²) in [6.45, 7) is 1.95. The first kappa shape index (κ1) is 13.4. The third-order valence-corrected chi connectivity index (χ3v) is 3.56. The Kier molecular flexibility index (Phi) is 3.69. The van der Waals surface area contributed by atoms with Gasteiger partial charge in [-0.15, -0.1) is 0 Å². The normalized spacial score (nSPS) is 12.2. The summed E-state index contributed by atoms with van der Waals surface area (Å²) in [7, 11) is 0. The van der Waals surface area contributed by atoms with Gasteiger partial charge in [0.25, 0.3) is 0 Å². The van der Waals surface area contributed by atoms with Gasteiger partial charge in [0.1, 0.15) is 6.04 Å². The molecule has 3 rings (SSSR count). The summed E-state index contributed by atoms with van der Waals surface area (Å²) in [5, 5.41) is 4.88. The highest BCUT2D eigenvalue weighted by Crippen LogP contribution is 2.25. The number of nitrogens with zero attached hydrogens (tertiary/aromatic N) is 3. The zero-order chi connectivity index (χ0) is 14.7. The minimum Gasteiger partial charge on any atom is -0.256 e. The minimum atomic E-state index is -0.254. The van der Waals surface area contributed by atoms with Gasteiger partial charge in [0.2, 0.25) is 0 Å². The summed E-state index contributed by atoms with van der Waals surface area (Å²) in [6, 6.07) is 15.6. The summed E-state index contributed by atoms with van der Waals surface area (Å²) in [6.07, 6.45) is 2.46. The molecule has 3 aromatic rings. The molecule has 0 aliphatic heterocycles. The van der Waals surface area contributed by atoms with E-state index in [1.807, 2.05) is 55.6 Å². The predicted molar refractivity (Wildman–Crippen MR) is 82.3 cm³/mol. The zero-order valence-corrected chi connectivity index (χ0v) is 11.8. The number of fused-ring (bicyclic) bond motifs is 1. The maximum absolute atomic E-state index is 7.49. The van der Waals surface area contributed by atoms with Crippen molar-refractivity contribution in [3.63, 3.8) is 0 Å². The van der Waals surface area contributed by atoms with Gasteiger partial charge in [-0.1, -0.05) is 24.3 Å². The molecule has 0 spiro atoms. The second-order valence-electron chi connectivity index (χ2n) is 5.04. The lowest BCUT2D eigenvalue weighted by molar-refractivity contribution is 0.643. The number of hydrogen-bond acceptors (Lipinski definition) is 4. The molecule has 1 atom stereocenters. The van der Waals surface area contributed by atoms with E-state index >= 15 is 0 Å². The van der Waals surface area contributed by atoms with Gasteiger partial charge >= 0.3 is 0 Å². The zero-order valence-electron chi connectivity index (χ0n) is 11.8. The molecule has 21 heavy (non-hydrogen) atoms. The number of hydrogen-bond donors (Lipinski definition) is 1. The summed E-state index contributed by atoms with van der Waals surface area (Å²) in [5.41, 5.74) is 11.4. The van der Waals surface area contributed by atoms with Crippen molar-refractivity contribution in [3.05, 3.63) is 71.7 Å². The lowest BCUT2D eigenvalue weighted by Gasteiger charge is -2.12. The van der Waals surface area contributed by atoms with Crippen LogP contribution in [0.25, 0.3) is 10.9 Å². The van der Waals surface area contributed by atoms with Gasteiger partial charge in [-0.2, -0.15) is 5.11 Å². The van der Waals surface area contributed by atoms with Crippen molar-refractivity contribution in [1.82, 2.24) is 9.97 Å². The first-order chi connectivity index (χ1) is 10.3. The number of aryl methyl sites for hydroxylation is 1. The Morgan fingerprint density at radius 3 is 2.76 bits per heavy atom. The number of benzene rings is 1. The fourth-order valence-corrected chi connectivity index (χ4v) is 2.51. The molecule has 2 aromatic heterocycles. The highest BCUT2D eigenvalue weighted by atomic mass is 15.0. The Hall–Kier alpha value is -2.62. The lowest BCUT2D eigenvalue weighted by atomic mass is 10.00. The van der Waals surface area contributed by atoms with Crippen LogP contribution in [0, 0.1) is 12.5 Å². The molecule has 0 radical (unpaired) electrons. The minimum absolute atomic E-state index is 0.254. The molecule has 0 saturated carbocycles. The molecular weight excluding hydrogens is 260 g/mol. The maximum atomic E-state index is 7.49. The van der Waals surface area contributed by atoms with Crippen molar-refractivity contribution in [2.45, 2.75) is 19.4 Å². The third-order valence-electron chi connectivity index (χ3n) is 3.56. The standard InChI is InChI=1S/C17H16N4/c1-12-5-4-8-16(20-12)17(21-18)11-13-9-10-19-15-7-3-2-6-14(13)15/h2-10,17-18H,11H2,1H3. The van der Waals surface area contributed by atoms with Crippen molar-refractivity contribution >= 4 is 10.9 Å². The van der Waals surface area contributed by atoms with Crippen LogP contribution in [0.15, 0.2) is 59.8 Å². The molecule has 1 unspecified atom stereocenters. The first-order valence-corrected chi connectivity index (χ1v) is 6.90. The molecule has 0 fully saturated rings. The van der Waals surface area contributed by atoms with E-state index in [1.165, 1.54) is 0 Å². The van der Waals surface area contributed by atoms with Gasteiger partial charge in [-0.05, 0) is 36.8 Å². The quantitative estimate of drug-likeness (QED) is 0.724. The maximum Gasteiger partial charge on any atom is 0.116 e. The number of nitrogens with one attached hydrogen (secondary N) is 1. The lowest BCUT2D eigenvalue weighted by Crippen LogP contribution is -2.03. The van der Waals surface area contributed by atoms with E-state index in [0.717, 1.165) is 27.9 Å². The smallest absolute Gasteiger partial charge is 0.116 e. The molecule has 1 N–H and O–H groups in total. The van der Waals surface area contributed by atoms with Crippen LogP contribution in [-0.4, -0.2) is 9.97 Å². The average Bonchev–Trinajstić information content (AvgIpc) is 2.52. The van der Waals surface area contributed by atoms with Crippen LogP contribution in [0.4, 0.5) is 0 Å². The highest BCUT2D eigenvalue weighted by Gasteiger charge is 2.14. The van der Waals surface area contributed by atoms with Crippen LogP contribution < -0.4 is 0 Å². The van der Waals surface area contributed by atoms with E-state index < -0.39 is 0 Å². The molecule has 104 valence electrons. The molecule has 4 nitrogen and oxygen atoms in total. The topological polar surface area (TPSA) is 62.0 Å². The van der Waals surface area contributed by atoms with Crippen LogP contribution in [0.5, 0.6) is 0 Å². The van der Waals surface area contributed by atoms with Gasteiger partial charge in [0.15, 0.2) is 0 Å². The SMILES string of the molecule is Cc1cccc(C(Cc2ccnc3ccccc23)N=N)n1. The van der Waals surface area contributed by atoms with Crippen LogP contribution in [0.3, 0.4) is 0 Å². The van der Waals surface area contributed by atoms with E-state index in [4.69, 9.17) is 5.53 Å². The fraction of sp³-hybridized carbons (Fsp3) is 0.176. The highest BCUT2D eigenvalue weighted by molar-refractivity contribution is 5.81. The van der Waals surface area contributed by atoms with Crippen molar-refractivity contribution in [2.24, 2.45) is 5.11 Å². The van der Waals surface area contributed by atoms with Gasteiger partial charge in [-0.25, -0.2) is 5.53 Å². The average molecular weight is 276 g/mol. The van der Waals surface area contributed by atoms with Gasteiger partial charge in [-0.3, -0.25) is 9.97 Å². The summed E-state index contributed by atoms with van der Waals surface area (Å²) in [4.78, 5) is 8.86. The second-order valence-corrected chi connectivity index (χ2v) is 5.04. The molecule has 0 bridgehead atoms. The Morgan fingerprint density at radius 2 is 1.95 bits per heavy atom. The van der Waals surface area contributed by atoms with E-state index in [2.05, 4.69) is 21.1 Å². The van der Waals surface area contributed by atoms with E-state index in [-0.39, 0.29) is 6.04 Å². The first-order valence-electron chi connectivity index (χ1n) is 6.90. The molecule has 0 saturated heterocycles. The second kappa shape index (κ2) is 5.79. The molecule has 1 aromatic carbocycles. The van der Waals surface area contributed by atoms with Crippen LogP contribution >= 0.6 is 0 Å². The summed E-state index contributed by atoms with van der Waals surface area (Å²) < 4.78 is 0. The Bertz CT molecular complexity index is 777. The van der Waals surface area contributed by atoms with Crippen LogP contribution in [0.2, 0.25) is 0 Å². The van der Waals surface area contributed by atoms with Gasteiger partial charge < -0.3 is 0 Å². The number of rotatable bonds is 4. The van der Waals surface area contributed by atoms with E-state index in [9.17, 15) is 0 Å². The largest absolute Gasteiger partial charge is 0.256 e. The summed E-state index contributed by atoms with van der Waals surface area (Å²) in [5.74, 6) is 0. The molecule has 0 aliphatic rings. The number of para-hydroxylation sites is 1. The molecule has 0 amide bonds. The Morgan fingerprint density at radius 1 is 1.10 bits per heavy atom. The molecule has 4 heteroatoms. The monoisotopic (exact) mass is 276 g/mol. The molecular formula is C17H16N4. The Balaban J connectivity index is 1.98. The Labute approximate surface area is 123 Å². The molecule has 2 heterocycles. The van der Waals surface area contributed by atoms with Crippen molar-refractivity contribution in [2.75, 3.05) is 0 Å². The van der Waals surface area contributed by atoms with E-state index in [1.54, 1.807) is 0 Å². The van der Waals surface area contributed by atoms with Gasteiger partial charge in [0.05, 0.1) is 11.2 Å². The van der Waals surface area contributed by atoms with E-state index in [0.29, 0.717) is 6.42 Å².